The van der Waals surface area contributed by atoms with Crippen LogP contribution in [0.25, 0.3) is 33.4 Å². The molecule has 0 saturated heterocycles. The molecular weight excluding hydrogens is 514 g/mol. The fourth-order valence-electron chi connectivity index (χ4n) is 5.42. The van der Waals surface area contributed by atoms with Gasteiger partial charge in [-0.3, -0.25) is 0 Å². The van der Waals surface area contributed by atoms with Crippen molar-refractivity contribution in [3.05, 3.63) is 95.0 Å². The summed E-state index contributed by atoms with van der Waals surface area (Å²) in [5, 5.41) is 3.46. The molecule has 0 unspecified atom stereocenters. The van der Waals surface area contributed by atoms with Crippen LogP contribution in [0.5, 0.6) is 0 Å². The summed E-state index contributed by atoms with van der Waals surface area (Å²) in [7, 11) is -2.78. The molecule has 0 aromatic heterocycles. The third kappa shape index (κ3) is 5.61. The van der Waals surface area contributed by atoms with Gasteiger partial charge in [0.05, 0.1) is 0 Å². The van der Waals surface area contributed by atoms with E-state index in [1.807, 2.05) is 48.5 Å². The SMILES string of the molecule is CCCCCCCCCP1(=O)c2cc(-c3ccc(Cl)cc3)ccc2-c2ccc(-c3ccc(Cl)cc3)cc21. The smallest absolute Gasteiger partial charge is 0.144 e. The lowest BCUT2D eigenvalue weighted by atomic mass is 9.98. The lowest BCUT2D eigenvalue weighted by Gasteiger charge is -2.17. The van der Waals surface area contributed by atoms with Gasteiger partial charge in [0, 0.05) is 26.8 Å². The van der Waals surface area contributed by atoms with E-state index in [2.05, 4.69) is 43.3 Å². The number of unbranched alkanes of at least 4 members (excludes halogenated alkanes) is 6. The molecule has 5 rings (SSSR count). The average molecular weight is 548 g/mol. The summed E-state index contributed by atoms with van der Waals surface area (Å²) in [5.74, 6) is 0. The molecular formula is C33H33Cl2OP. The van der Waals surface area contributed by atoms with Crippen molar-refractivity contribution in [2.75, 3.05) is 6.16 Å². The molecule has 0 spiro atoms. The van der Waals surface area contributed by atoms with Gasteiger partial charge in [-0.05, 0) is 76.2 Å². The van der Waals surface area contributed by atoms with Gasteiger partial charge in [0.1, 0.15) is 7.14 Å². The minimum Gasteiger partial charge on any atom is -0.314 e. The number of rotatable bonds is 10. The molecule has 4 heteroatoms. The van der Waals surface area contributed by atoms with Crippen molar-refractivity contribution in [1.82, 2.24) is 0 Å². The van der Waals surface area contributed by atoms with Crippen molar-refractivity contribution in [1.29, 1.82) is 0 Å². The van der Waals surface area contributed by atoms with Crippen LogP contribution in [0.2, 0.25) is 10.0 Å². The number of benzene rings is 4. The average Bonchev–Trinajstić information content (AvgIpc) is 3.16. The number of hydrogen-bond acceptors (Lipinski definition) is 1. The maximum absolute atomic E-state index is 15.0. The van der Waals surface area contributed by atoms with Gasteiger partial charge in [0.2, 0.25) is 0 Å². The van der Waals surface area contributed by atoms with E-state index >= 15 is 4.57 Å². The molecule has 0 fully saturated rings. The largest absolute Gasteiger partial charge is 0.314 e. The number of halogens is 2. The summed E-state index contributed by atoms with van der Waals surface area (Å²) in [5.41, 5.74) is 6.57. The van der Waals surface area contributed by atoms with Gasteiger partial charge >= 0.3 is 0 Å². The van der Waals surface area contributed by atoms with Gasteiger partial charge in [-0.15, -0.1) is 0 Å². The molecule has 1 aliphatic rings. The maximum Gasteiger partial charge on any atom is 0.144 e. The van der Waals surface area contributed by atoms with E-state index in [1.165, 1.54) is 32.1 Å². The maximum atomic E-state index is 15.0. The third-order valence-electron chi connectivity index (χ3n) is 7.50. The van der Waals surface area contributed by atoms with Gasteiger partial charge < -0.3 is 4.57 Å². The first kappa shape index (κ1) is 26.3. The zero-order valence-corrected chi connectivity index (χ0v) is 23.8. The molecule has 1 nitrogen and oxygen atoms in total. The van der Waals surface area contributed by atoms with Gasteiger partial charge in [-0.25, -0.2) is 0 Å². The second kappa shape index (κ2) is 11.6. The Bertz CT molecular complexity index is 1330. The molecule has 4 aromatic carbocycles. The van der Waals surface area contributed by atoms with E-state index in [9.17, 15) is 0 Å². The fraction of sp³-hybridized carbons (Fsp3) is 0.273. The fourth-order valence-corrected chi connectivity index (χ4v) is 8.95. The quantitative estimate of drug-likeness (QED) is 0.143. The molecule has 1 heterocycles. The molecule has 1 aliphatic heterocycles. The van der Waals surface area contributed by atoms with Gasteiger partial charge in [0.15, 0.2) is 0 Å². The van der Waals surface area contributed by atoms with Crippen LogP contribution in [0.4, 0.5) is 0 Å². The topological polar surface area (TPSA) is 17.1 Å². The first-order valence-electron chi connectivity index (χ1n) is 13.4. The van der Waals surface area contributed by atoms with Crippen LogP contribution >= 0.6 is 30.3 Å². The minimum atomic E-state index is -2.78. The molecule has 190 valence electrons. The second-order valence-electron chi connectivity index (χ2n) is 10.1. The van der Waals surface area contributed by atoms with E-state index < -0.39 is 7.14 Å². The van der Waals surface area contributed by atoms with Crippen molar-refractivity contribution in [2.24, 2.45) is 0 Å². The van der Waals surface area contributed by atoms with Crippen molar-refractivity contribution in [3.8, 4) is 33.4 Å². The summed E-state index contributed by atoms with van der Waals surface area (Å²) in [4.78, 5) is 0. The predicted octanol–water partition coefficient (Wildman–Crippen LogP) is 10.4. The Balaban J connectivity index is 1.51. The molecule has 0 aliphatic carbocycles. The lowest BCUT2D eigenvalue weighted by Crippen LogP contribution is -2.14. The summed E-state index contributed by atoms with van der Waals surface area (Å²) < 4.78 is 15.0. The van der Waals surface area contributed by atoms with Crippen LogP contribution < -0.4 is 10.6 Å². The zero-order valence-electron chi connectivity index (χ0n) is 21.4. The Morgan fingerprint density at radius 1 is 0.541 bits per heavy atom. The lowest BCUT2D eigenvalue weighted by molar-refractivity contribution is 0.577. The highest BCUT2D eigenvalue weighted by molar-refractivity contribution is 7.80. The Kier molecular flexibility index (Phi) is 8.25. The van der Waals surface area contributed by atoms with Crippen molar-refractivity contribution in [3.63, 3.8) is 0 Å². The second-order valence-corrected chi connectivity index (χ2v) is 13.8. The molecule has 0 radical (unpaired) electrons. The van der Waals surface area contributed by atoms with E-state index in [0.717, 1.165) is 73.0 Å². The minimum absolute atomic E-state index is 0.717. The highest BCUT2D eigenvalue weighted by Gasteiger charge is 2.38. The van der Waals surface area contributed by atoms with Crippen molar-refractivity contribution >= 4 is 41.0 Å². The highest BCUT2D eigenvalue weighted by atomic mass is 35.5. The van der Waals surface area contributed by atoms with Crippen LogP contribution in [0, 0.1) is 0 Å². The summed E-state index contributed by atoms with van der Waals surface area (Å²) in [6, 6.07) is 28.7. The number of hydrogen-bond donors (Lipinski definition) is 0. The molecule has 0 N–H and O–H groups in total. The first-order chi connectivity index (χ1) is 18.0. The van der Waals surface area contributed by atoms with Gasteiger partial charge in [-0.1, -0.05) is 117 Å². The summed E-state index contributed by atoms with van der Waals surface area (Å²) in [6.45, 7) is 2.25. The Morgan fingerprint density at radius 2 is 0.946 bits per heavy atom. The van der Waals surface area contributed by atoms with E-state index in [1.54, 1.807) is 0 Å². The third-order valence-corrected chi connectivity index (χ3v) is 11.2. The molecule has 0 amide bonds. The van der Waals surface area contributed by atoms with E-state index in [-0.39, 0.29) is 0 Å². The molecule has 0 bridgehead atoms. The predicted molar refractivity (Wildman–Crippen MR) is 163 cm³/mol. The van der Waals surface area contributed by atoms with Crippen LogP contribution in [-0.2, 0) is 4.57 Å². The van der Waals surface area contributed by atoms with E-state index in [0.29, 0.717) is 0 Å². The Morgan fingerprint density at radius 3 is 1.41 bits per heavy atom. The Labute approximate surface area is 231 Å². The molecule has 4 aromatic rings. The molecule has 37 heavy (non-hydrogen) atoms. The van der Waals surface area contributed by atoms with Crippen LogP contribution in [0.1, 0.15) is 51.9 Å². The molecule has 0 saturated carbocycles. The number of fused-ring (bicyclic) bond motifs is 3. The van der Waals surface area contributed by atoms with Crippen molar-refractivity contribution in [2.45, 2.75) is 51.9 Å². The van der Waals surface area contributed by atoms with Crippen LogP contribution in [0.15, 0.2) is 84.9 Å². The Hall–Kier alpha value is -2.31. The first-order valence-corrected chi connectivity index (χ1v) is 16.0. The van der Waals surface area contributed by atoms with Crippen LogP contribution in [-0.4, -0.2) is 6.16 Å². The van der Waals surface area contributed by atoms with Gasteiger partial charge in [-0.2, -0.15) is 0 Å². The highest BCUT2D eigenvalue weighted by Crippen LogP contribution is 2.54. The van der Waals surface area contributed by atoms with Gasteiger partial charge in [0.25, 0.3) is 0 Å². The molecule has 0 atom stereocenters. The summed E-state index contributed by atoms with van der Waals surface area (Å²) in [6.07, 6.45) is 9.19. The standard InChI is InChI=1S/C33H33Cl2OP/c1-2-3-4-5-6-7-8-21-37(36)32-22-26(24-9-15-28(34)16-10-24)13-19-30(32)31-20-14-27(23-33(31)37)25-11-17-29(35)18-12-25/h9-20,22-23H,2-8,21H2,1H3. The summed E-state index contributed by atoms with van der Waals surface area (Å²) >= 11 is 12.3. The van der Waals surface area contributed by atoms with Crippen LogP contribution in [0.3, 0.4) is 0 Å². The normalized spacial score (nSPS) is 13.4. The van der Waals surface area contributed by atoms with Crippen molar-refractivity contribution < 1.29 is 4.57 Å². The monoisotopic (exact) mass is 546 g/mol. The van der Waals surface area contributed by atoms with E-state index in [4.69, 9.17) is 23.2 Å². The zero-order chi connectivity index (χ0) is 25.8.